The van der Waals surface area contributed by atoms with Gasteiger partial charge < -0.3 is 67.4 Å². The lowest BCUT2D eigenvalue weighted by molar-refractivity contribution is -0.137. The van der Waals surface area contributed by atoms with Crippen molar-refractivity contribution in [3.05, 3.63) is 129 Å². The Morgan fingerprint density at radius 3 is 1.59 bits per heavy atom. The van der Waals surface area contributed by atoms with Crippen molar-refractivity contribution in [1.82, 2.24) is 68.1 Å². The van der Waals surface area contributed by atoms with Crippen molar-refractivity contribution in [2.24, 2.45) is 28.2 Å². The third-order valence-corrected chi connectivity index (χ3v) is 14.8. The third kappa shape index (κ3) is 15.8. The molecule has 0 saturated carbocycles. The second-order valence-corrected chi connectivity index (χ2v) is 21.4. The molecule has 10 heterocycles. The van der Waals surface area contributed by atoms with E-state index in [9.17, 15) is 27.6 Å². The quantitative estimate of drug-likeness (QED) is 0.0244. The number of hydrogen-bond acceptors (Lipinski definition) is 22. The SMILES string of the molecule is CC(CC(=O)c1cc2c(cn1)nc(N)n2C)c1cnc(Nc2ccc(C(F)(F)F)cc2)s1.CCCCOC(=O)c1cc2c(cn1)nc(N)n2C.CNc1cc(Br)ncc1N.Cn1c(N)nc2cnc(Br)cc21.Cn1c(N)nc2cnc(C(=O)O)cc21. The summed E-state index contributed by atoms with van der Waals surface area (Å²) in [6.07, 6.45) is 7.11. The van der Waals surface area contributed by atoms with Crippen molar-refractivity contribution in [3.8, 4) is 0 Å². The summed E-state index contributed by atoms with van der Waals surface area (Å²) in [5, 5.41) is 15.2. The average Bonchev–Trinajstić information content (AvgIpc) is 4.09. The van der Waals surface area contributed by atoms with Gasteiger partial charge in [0, 0.05) is 58.4 Å². The summed E-state index contributed by atoms with van der Waals surface area (Å²) in [6, 6.07) is 13.2. The first kappa shape index (κ1) is 64.0. The summed E-state index contributed by atoms with van der Waals surface area (Å²) in [6.45, 7) is 4.37. The van der Waals surface area contributed by atoms with Crippen LogP contribution in [-0.2, 0) is 39.1 Å². The number of esters is 1. The molecular formula is C54H58Br2F3N21O5S. The molecule has 32 heteroatoms. The molecule has 0 aliphatic heterocycles. The topological polar surface area (TPSA) is 383 Å². The highest BCUT2D eigenvalue weighted by Gasteiger charge is 2.30. The largest absolute Gasteiger partial charge is 0.477 e. The van der Waals surface area contributed by atoms with Crippen LogP contribution in [0.5, 0.6) is 0 Å². The van der Waals surface area contributed by atoms with Gasteiger partial charge in [0.05, 0.1) is 76.6 Å². The van der Waals surface area contributed by atoms with Crippen LogP contribution < -0.4 is 39.3 Å². The number of aromatic nitrogens is 14. The van der Waals surface area contributed by atoms with E-state index in [0.717, 1.165) is 66.8 Å². The van der Waals surface area contributed by atoms with E-state index in [1.54, 1.807) is 65.6 Å². The number of carbonyl (C=O) groups excluding carboxylic acids is 2. The van der Waals surface area contributed by atoms with Crippen LogP contribution in [0.3, 0.4) is 0 Å². The van der Waals surface area contributed by atoms with Crippen LogP contribution in [0.1, 0.15) is 80.9 Å². The van der Waals surface area contributed by atoms with Crippen molar-refractivity contribution >= 4 is 151 Å². The standard InChI is InChI=1S/C21H19F3N6OS.C12H16N4O2.C8H8N4O2.C7H7BrN4.C6H8BrN3/c1-11(7-17(31)14-8-16-15(9-26-14)29-19(25)30(16)2)18-10-27-20(32-18)28-13-5-3-12(4-6-13)21(22,23)24;1-3-4-5-18-11(17)8-6-10-9(7-14-8)15-12(13)16(10)2;1-12-6-2-4(7(13)14)10-3-5(6)11-8(12)9;1-12-5-2-6(8)10-3-4(5)11-7(12)9;1-9-5-2-6(7)10-3-4(5)8/h3-6,8-11H,7H2,1-2H3,(H2,25,29)(H,27,28);6-7H,3-5H2,1-2H3,(H2,13,15);2-3H,1H3,(H2,9,11)(H,13,14);2-3H,1H3,(H2,9,11);2-3H,8H2,1H3,(H,9,10). The number of ketones is 1. The second kappa shape index (κ2) is 27.9. The molecule has 450 valence electrons. The molecule has 13 N–H and O–H groups in total. The molecule has 11 rings (SSSR count). The number of carboxylic acids is 1. The van der Waals surface area contributed by atoms with E-state index in [1.807, 2.05) is 44.6 Å². The number of imidazole rings is 4. The van der Waals surface area contributed by atoms with Gasteiger partial charge in [-0.2, -0.15) is 13.2 Å². The molecule has 1 unspecified atom stereocenters. The number of benzene rings is 1. The first-order valence-electron chi connectivity index (χ1n) is 25.7. The van der Waals surface area contributed by atoms with Crippen molar-refractivity contribution in [3.63, 3.8) is 0 Å². The molecule has 1 aromatic carbocycles. The molecule has 0 radical (unpaired) electrons. The summed E-state index contributed by atoms with van der Waals surface area (Å²) >= 11 is 7.86. The first-order chi connectivity index (χ1) is 40.8. The minimum atomic E-state index is -4.38. The van der Waals surface area contributed by atoms with Gasteiger partial charge in [-0.3, -0.25) is 9.78 Å². The molecule has 0 saturated heterocycles. The molecule has 26 nitrogen and oxygen atoms in total. The summed E-state index contributed by atoms with van der Waals surface area (Å²) in [5.74, 6) is -0.131. The van der Waals surface area contributed by atoms with Gasteiger partial charge in [-0.05, 0) is 98.8 Å². The number of thiazole rings is 1. The van der Waals surface area contributed by atoms with Crippen molar-refractivity contribution < 1.29 is 37.4 Å². The Morgan fingerprint density at radius 1 is 0.651 bits per heavy atom. The van der Waals surface area contributed by atoms with E-state index < -0.39 is 23.7 Å². The number of aryl methyl sites for hydroxylation is 4. The summed E-state index contributed by atoms with van der Waals surface area (Å²) in [5.41, 5.74) is 36.0. The minimum Gasteiger partial charge on any atom is -0.477 e. The van der Waals surface area contributed by atoms with Gasteiger partial charge in [0.1, 0.15) is 42.7 Å². The smallest absolute Gasteiger partial charge is 0.416 e. The van der Waals surface area contributed by atoms with E-state index in [0.29, 0.717) is 74.7 Å². The number of Topliss-reactive ketones (excluding diaryl/α,β-unsaturated/α-hetero) is 1. The average molecular weight is 1330 g/mol. The number of carbonyl (C=O) groups is 3. The molecule has 0 amide bonds. The number of alkyl halides is 3. The van der Waals surface area contributed by atoms with Crippen LogP contribution >= 0.6 is 43.2 Å². The van der Waals surface area contributed by atoms with Crippen LogP contribution in [0.25, 0.3) is 44.1 Å². The Kier molecular flexibility index (Phi) is 20.8. The van der Waals surface area contributed by atoms with Gasteiger partial charge in [0.15, 0.2) is 16.6 Å². The maximum atomic E-state index is 12.8. The lowest BCUT2D eigenvalue weighted by Gasteiger charge is -2.08. The molecule has 86 heavy (non-hydrogen) atoms. The molecule has 0 aliphatic rings. The zero-order chi connectivity index (χ0) is 62.7. The second-order valence-electron chi connectivity index (χ2n) is 18.7. The Labute approximate surface area is 508 Å². The fourth-order valence-electron chi connectivity index (χ4n) is 7.77. The lowest BCUT2D eigenvalue weighted by atomic mass is 10.0. The predicted molar refractivity (Wildman–Crippen MR) is 332 cm³/mol. The Morgan fingerprint density at radius 2 is 1.10 bits per heavy atom. The minimum absolute atomic E-state index is 0.0134. The van der Waals surface area contributed by atoms with Crippen LogP contribution in [0.4, 0.5) is 59.2 Å². The van der Waals surface area contributed by atoms with Crippen LogP contribution in [0.2, 0.25) is 0 Å². The number of pyridine rings is 5. The number of anilines is 8. The number of fused-ring (bicyclic) bond motifs is 4. The highest BCUT2D eigenvalue weighted by Crippen LogP contribution is 2.33. The van der Waals surface area contributed by atoms with Crippen molar-refractivity contribution in [2.75, 3.05) is 53.0 Å². The fraction of sp³-hybridized carbons (Fsp3) is 0.241. The number of unbranched alkanes of at least 4 members (excludes halogenated alkanes) is 1. The lowest BCUT2D eigenvalue weighted by Crippen LogP contribution is -2.08. The van der Waals surface area contributed by atoms with E-state index >= 15 is 0 Å². The number of nitrogens with two attached hydrogens (primary N) is 5. The number of nitrogens with zero attached hydrogens (tertiary/aromatic N) is 14. The Hall–Kier alpha value is -9.56. The van der Waals surface area contributed by atoms with Crippen molar-refractivity contribution in [1.29, 1.82) is 0 Å². The number of aromatic carboxylic acids is 1. The summed E-state index contributed by atoms with van der Waals surface area (Å²) < 4.78 is 51.6. The van der Waals surface area contributed by atoms with Gasteiger partial charge in [0.25, 0.3) is 0 Å². The molecule has 1 atom stereocenters. The molecule has 0 fully saturated rings. The zero-order valence-electron chi connectivity index (χ0n) is 47.1. The number of nitrogens with one attached hydrogen (secondary N) is 2. The van der Waals surface area contributed by atoms with Gasteiger partial charge in [-0.15, -0.1) is 11.3 Å². The molecule has 11 aromatic rings. The number of ether oxygens (including phenoxy) is 1. The highest BCUT2D eigenvalue weighted by atomic mass is 79.9. The van der Waals surface area contributed by atoms with Gasteiger partial charge in [-0.25, -0.2) is 54.4 Å². The van der Waals surface area contributed by atoms with Crippen LogP contribution in [0, 0.1) is 0 Å². The Balaban J connectivity index is 0.000000166. The van der Waals surface area contributed by atoms with E-state index in [-0.39, 0.29) is 29.5 Å². The summed E-state index contributed by atoms with van der Waals surface area (Å²) in [4.78, 5) is 76.6. The maximum Gasteiger partial charge on any atom is 0.416 e. The van der Waals surface area contributed by atoms with Crippen LogP contribution in [0.15, 0.2) is 101 Å². The molecule has 0 aliphatic carbocycles. The molecular weight excluding hydrogens is 1270 g/mol. The van der Waals surface area contributed by atoms with E-state index in [4.69, 9.17) is 38.5 Å². The third-order valence-electron chi connectivity index (χ3n) is 12.8. The van der Waals surface area contributed by atoms with E-state index in [1.165, 1.54) is 48.1 Å². The Bertz CT molecular complexity index is 4220. The predicted octanol–water partition coefficient (Wildman–Crippen LogP) is 9.68. The van der Waals surface area contributed by atoms with Gasteiger partial charge in [-0.1, -0.05) is 20.3 Å². The van der Waals surface area contributed by atoms with E-state index in [2.05, 4.69) is 92.3 Å². The monoisotopic (exact) mass is 1330 g/mol. The zero-order valence-corrected chi connectivity index (χ0v) is 51.1. The number of carboxylic acid groups (broad SMARTS) is 1. The van der Waals surface area contributed by atoms with Gasteiger partial charge in [0.2, 0.25) is 23.8 Å². The molecule has 0 spiro atoms. The fourth-order valence-corrected chi connectivity index (χ4v) is 9.31. The maximum absolute atomic E-state index is 12.8. The first-order valence-corrected chi connectivity index (χ1v) is 28.1. The van der Waals surface area contributed by atoms with Gasteiger partial charge >= 0.3 is 18.1 Å². The number of rotatable bonds is 12. The number of hydrogen-bond donors (Lipinski definition) is 8. The number of halogens is 5. The summed E-state index contributed by atoms with van der Waals surface area (Å²) in [7, 11) is 8.96. The molecule has 0 bridgehead atoms. The number of nitrogen functional groups attached to an aromatic ring is 5. The highest BCUT2D eigenvalue weighted by molar-refractivity contribution is 9.10. The van der Waals surface area contributed by atoms with Crippen LogP contribution in [-0.4, -0.2) is 105 Å². The van der Waals surface area contributed by atoms with Crippen molar-refractivity contribution in [2.45, 2.75) is 45.2 Å². The molecule has 10 aromatic heterocycles. The normalized spacial score (nSPS) is 11.3.